The van der Waals surface area contributed by atoms with Gasteiger partial charge >= 0.3 is 5.97 Å². The normalized spacial score (nSPS) is 12.4. The van der Waals surface area contributed by atoms with E-state index in [-0.39, 0.29) is 0 Å². The number of carbonyl (C=O) groups is 4. The minimum absolute atomic E-state index is 0.303. The van der Waals surface area contributed by atoms with Gasteiger partial charge in [0.1, 0.15) is 0 Å². The van der Waals surface area contributed by atoms with Crippen molar-refractivity contribution in [3.05, 3.63) is 0 Å². The maximum absolute atomic E-state index is 12.0. The van der Waals surface area contributed by atoms with Crippen LogP contribution >= 0.6 is 0 Å². The zero-order valence-corrected chi connectivity index (χ0v) is 13.3. The molecule has 0 fully saturated rings. The Labute approximate surface area is 134 Å². The summed E-state index contributed by atoms with van der Waals surface area (Å²) in [7, 11) is 0. The van der Waals surface area contributed by atoms with Crippen LogP contribution in [0.5, 0.6) is 0 Å². The van der Waals surface area contributed by atoms with Crippen molar-refractivity contribution in [2.24, 2.45) is 11.5 Å². The van der Waals surface area contributed by atoms with Gasteiger partial charge in [0, 0.05) is 13.8 Å². The molecule has 7 N–H and O–H groups in total. The molecule has 0 heterocycles. The second kappa shape index (κ2) is 12.5. The third-order valence-electron chi connectivity index (χ3n) is 2.63. The maximum atomic E-state index is 12.0. The standard InChI is InChI=1S/C11H21N3O5.C2H4O2/c1-7(16)14(9(6-15)11(18)19)10(17)8(13)4-2-3-5-12;1-2(3)4/h8-9,15H,2-6,12-13H2,1H3,(H,18,19);1H3,(H,3,4)/t8?,9-;/m0./s1. The van der Waals surface area contributed by atoms with E-state index in [2.05, 4.69) is 0 Å². The Morgan fingerprint density at radius 3 is 1.87 bits per heavy atom. The van der Waals surface area contributed by atoms with Crippen LogP contribution in [0.25, 0.3) is 0 Å². The molecule has 0 aromatic carbocycles. The van der Waals surface area contributed by atoms with Gasteiger partial charge < -0.3 is 26.8 Å². The summed E-state index contributed by atoms with van der Waals surface area (Å²) in [5, 5.41) is 25.3. The minimum Gasteiger partial charge on any atom is -0.481 e. The number of amides is 2. The first-order chi connectivity index (χ1) is 10.6. The predicted octanol–water partition coefficient (Wildman–Crippen LogP) is -1.65. The number of rotatable bonds is 8. The quantitative estimate of drug-likeness (QED) is 0.324. The fourth-order valence-electron chi connectivity index (χ4n) is 1.61. The SMILES string of the molecule is CC(=O)N(C(=O)C(N)CCCCN)[C@@H](CO)C(=O)O.CC(=O)O. The molecule has 0 saturated carbocycles. The van der Waals surface area contributed by atoms with Crippen LogP contribution in [0.1, 0.15) is 33.1 Å². The topological polar surface area (TPSA) is 184 Å². The second-order valence-electron chi connectivity index (χ2n) is 4.67. The Morgan fingerprint density at radius 1 is 1.09 bits per heavy atom. The van der Waals surface area contributed by atoms with Crippen LogP contribution in [0, 0.1) is 0 Å². The fraction of sp³-hybridized carbons (Fsp3) is 0.692. The lowest BCUT2D eigenvalue weighted by atomic mass is 10.1. The van der Waals surface area contributed by atoms with E-state index >= 15 is 0 Å². The molecule has 10 heteroatoms. The van der Waals surface area contributed by atoms with Gasteiger partial charge in [-0.25, -0.2) is 4.79 Å². The van der Waals surface area contributed by atoms with E-state index in [4.69, 9.17) is 31.6 Å². The van der Waals surface area contributed by atoms with E-state index in [1.807, 2.05) is 0 Å². The molecule has 23 heavy (non-hydrogen) atoms. The molecule has 2 atom stereocenters. The van der Waals surface area contributed by atoms with Crippen molar-refractivity contribution in [3.8, 4) is 0 Å². The molecular formula is C13H25N3O7. The highest BCUT2D eigenvalue weighted by atomic mass is 16.4. The molecule has 0 aromatic rings. The third-order valence-corrected chi connectivity index (χ3v) is 2.63. The average Bonchev–Trinajstić information content (AvgIpc) is 2.42. The molecule has 0 aliphatic carbocycles. The molecule has 0 aliphatic heterocycles. The van der Waals surface area contributed by atoms with Crippen molar-refractivity contribution in [1.29, 1.82) is 0 Å². The second-order valence-corrected chi connectivity index (χ2v) is 4.67. The van der Waals surface area contributed by atoms with Crippen LogP contribution in [0.2, 0.25) is 0 Å². The van der Waals surface area contributed by atoms with Crippen LogP contribution in [-0.2, 0) is 19.2 Å². The average molecular weight is 335 g/mol. The predicted molar refractivity (Wildman–Crippen MR) is 80.2 cm³/mol. The molecule has 0 radical (unpaired) electrons. The Balaban J connectivity index is 0. The molecule has 134 valence electrons. The molecule has 0 aliphatic rings. The lowest BCUT2D eigenvalue weighted by molar-refractivity contribution is -0.159. The zero-order chi connectivity index (χ0) is 18.6. The summed E-state index contributed by atoms with van der Waals surface area (Å²) >= 11 is 0. The number of aliphatic carboxylic acids is 2. The molecule has 1 unspecified atom stereocenters. The molecule has 2 amide bonds. The smallest absolute Gasteiger partial charge is 0.329 e. The van der Waals surface area contributed by atoms with Crippen molar-refractivity contribution in [1.82, 2.24) is 4.90 Å². The number of hydrogen-bond donors (Lipinski definition) is 5. The number of carboxylic acids is 2. The lowest BCUT2D eigenvalue weighted by Gasteiger charge is -2.27. The van der Waals surface area contributed by atoms with E-state index in [1.54, 1.807) is 0 Å². The molecule has 0 aromatic heterocycles. The number of hydrogen-bond acceptors (Lipinski definition) is 7. The van der Waals surface area contributed by atoms with Crippen molar-refractivity contribution < 1.29 is 34.5 Å². The molecule has 0 bridgehead atoms. The molecule has 0 rings (SSSR count). The van der Waals surface area contributed by atoms with Gasteiger partial charge in [-0.15, -0.1) is 0 Å². The Bertz CT molecular complexity index is 410. The summed E-state index contributed by atoms with van der Waals surface area (Å²) in [5.74, 6) is -3.85. The van der Waals surface area contributed by atoms with Crippen molar-refractivity contribution in [2.45, 2.75) is 45.2 Å². The van der Waals surface area contributed by atoms with E-state index in [0.29, 0.717) is 30.7 Å². The van der Waals surface area contributed by atoms with E-state index in [9.17, 15) is 14.4 Å². The molecule has 0 spiro atoms. The highest BCUT2D eigenvalue weighted by molar-refractivity contribution is 6.00. The van der Waals surface area contributed by atoms with Gasteiger partial charge in [-0.1, -0.05) is 6.42 Å². The number of aliphatic hydroxyl groups excluding tert-OH is 1. The highest BCUT2D eigenvalue weighted by Crippen LogP contribution is 2.07. The number of nitrogens with zero attached hydrogens (tertiary/aromatic N) is 1. The van der Waals surface area contributed by atoms with Crippen molar-refractivity contribution in [3.63, 3.8) is 0 Å². The zero-order valence-electron chi connectivity index (χ0n) is 13.3. The summed E-state index contributed by atoms with van der Waals surface area (Å²) in [6.45, 7) is 1.75. The summed E-state index contributed by atoms with van der Waals surface area (Å²) in [5.41, 5.74) is 10.9. The summed E-state index contributed by atoms with van der Waals surface area (Å²) in [4.78, 5) is 43.7. The van der Waals surface area contributed by atoms with Crippen LogP contribution < -0.4 is 11.5 Å². The lowest BCUT2D eigenvalue weighted by Crippen LogP contribution is -2.54. The van der Waals surface area contributed by atoms with Gasteiger partial charge in [0.2, 0.25) is 11.8 Å². The highest BCUT2D eigenvalue weighted by Gasteiger charge is 2.34. The van der Waals surface area contributed by atoms with Crippen LogP contribution in [0.3, 0.4) is 0 Å². The number of nitrogens with two attached hydrogens (primary N) is 2. The van der Waals surface area contributed by atoms with Crippen LogP contribution in [0.15, 0.2) is 0 Å². The Kier molecular flexibility index (Phi) is 12.6. The largest absolute Gasteiger partial charge is 0.481 e. The van der Waals surface area contributed by atoms with Gasteiger partial charge in [-0.05, 0) is 19.4 Å². The number of unbranched alkanes of at least 4 members (excludes halogenated alkanes) is 1. The fourth-order valence-corrected chi connectivity index (χ4v) is 1.61. The molecule has 0 saturated heterocycles. The third kappa shape index (κ3) is 10.3. The summed E-state index contributed by atoms with van der Waals surface area (Å²) < 4.78 is 0. The number of aliphatic hydroxyl groups is 1. The van der Waals surface area contributed by atoms with Crippen LogP contribution in [0.4, 0.5) is 0 Å². The van der Waals surface area contributed by atoms with Gasteiger partial charge in [0.25, 0.3) is 5.97 Å². The monoisotopic (exact) mass is 335 g/mol. The maximum Gasteiger partial charge on any atom is 0.329 e. The van der Waals surface area contributed by atoms with Gasteiger partial charge in [-0.3, -0.25) is 19.3 Å². The van der Waals surface area contributed by atoms with Gasteiger partial charge in [-0.2, -0.15) is 0 Å². The number of imide groups is 1. The van der Waals surface area contributed by atoms with E-state index < -0.39 is 42.4 Å². The van der Waals surface area contributed by atoms with Gasteiger partial charge in [0.15, 0.2) is 6.04 Å². The van der Waals surface area contributed by atoms with Crippen LogP contribution in [-0.4, -0.2) is 69.2 Å². The first kappa shape index (κ1) is 23.2. The summed E-state index contributed by atoms with van der Waals surface area (Å²) in [6, 6.07) is -2.59. The van der Waals surface area contributed by atoms with E-state index in [0.717, 1.165) is 13.8 Å². The Hall–Kier alpha value is -2.04. The van der Waals surface area contributed by atoms with Crippen molar-refractivity contribution >= 4 is 23.8 Å². The van der Waals surface area contributed by atoms with Crippen molar-refractivity contribution in [2.75, 3.05) is 13.2 Å². The van der Waals surface area contributed by atoms with Gasteiger partial charge in [0.05, 0.1) is 12.6 Å². The number of carbonyl (C=O) groups excluding carboxylic acids is 2. The first-order valence-corrected chi connectivity index (χ1v) is 6.92. The summed E-state index contributed by atoms with van der Waals surface area (Å²) in [6.07, 6.45) is 1.59. The molecule has 10 nitrogen and oxygen atoms in total. The first-order valence-electron chi connectivity index (χ1n) is 6.92. The number of carboxylic acid groups (broad SMARTS) is 2. The molecular weight excluding hydrogens is 310 g/mol. The van der Waals surface area contributed by atoms with E-state index in [1.165, 1.54) is 0 Å². The minimum atomic E-state index is -1.61. The Morgan fingerprint density at radius 2 is 1.57 bits per heavy atom.